The van der Waals surface area contributed by atoms with Gasteiger partial charge >= 0.3 is 0 Å². The van der Waals surface area contributed by atoms with Crippen LogP contribution >= 0.6 is 0 Å². The van der Waals surface area contributed by atoms with Gasteiger partial charge in [-0.1, -0.05) is 30.3 Å². The normalized spacial score (nSPS) is 13.3. The number of anilines is 1. The number of hydrogen-bond donors (Lipinski definition) is 1. The van der Waals surface area contributed by atoms with Gasteiger partial charge in [0.25, 0.3) is 5.91 Å². The summed E-state index contributed by atoms with van der Waals surface area (Å²) < 4.78 is 5.86. The summed E-state index contributed by atoms with van der Waals surface area (Å²) in [5, 5.41) is 11.3. The van der Waals surface area contributed by atoms with Crippen molar-refractivity contribution in [3.8, 4) is 22.9 Å². The third-order valence-corrected chi connectivity index (χ3v) is 5.92. The third kappa shape index (κ3) is 4.59. The highest BCUT2D eigenvalue weighted by atomic mass is 16.4. The molecule has 1 aromatic heterocycles. The van der Waals surface area contributed by atoms with Crippen molar-refractivity contribution in [2.24, 2.45) is 0 Å². The van der Waals surface area contributed by atoms with E-state index in [1.807, 2.05) is 60.4 Å². The van der Waals surface area contributed by atoms with Crippen molar-refractivity contribution in [1.29, 1.82) is 0 Å². The minimum Gasteiger partial charge on any atom is -0.416 e. The van der Waals surface area contributed by atoms with Crippen LogP contribution in [0.2, 0.25) is 0 Å². The molecule has 1 aliphatic rings. The summed E-state index contributed by atoms with van der Waals surface area (Å²) in [5.41, 5.74) is 4.89. The van der Waals surface area contributed by atoms with Crippen molar-refractivity contribution in [2.45, 2.75) is 26.3 Å². The molecule has 1 fully saturated rings. The van der Waals surface area contributed by atoms with Crippen molar-refractivity contribution < 1.29 is 14.0 Å². The molecule has 34 heavy (non-hydrogen) atoms. The lowest BCUT2D eigenvalue weighted by Gasteiger charge is -2.16. The Morgan fingerprint density at radius 2 is 1.79 bits per heavy atom. The summed E-state index contributed by atoms with van der Waals surface area (Å²) in [6.45, 7) is 3.34. The van der Waals surface area contributed by atoms with Crippen molar-refractivity contribution in [3.63, 3.8) is 0 Å². The van der Waals surface area contributed by atoms with Crippen LogP contribution in [0.3, 0.4) is 0 Å². The number of carbonyl (C=O) groups is 2. The molecule has 0 spiro atoms. The highest BCUT2D eigenvalue weighted by Crippen LogP contribution is 2.26. The highest BCUT2D eigenvalue weighted by Gasteiger charge is 2.20. The number of nitrogens with one attached hydrogen (secondary N) is 1. The number of aryl methyl sites for hydroxylation is 1. The summed E-state index contributed by atoms with van der Waals surface area (Å²) in [6.07, 6.45) is 1.52. The van der Waals surface area contributed by atoms with E-state index >= 15 is 0 Å². The Balaban J connectivity index is 1.26. The SMILES string of the molecule is Cc1ccccc1-c1nnc(-c2ccc(C(=O)Nc3cccc(CN4CCCC4=O)c3)cc2)o1. The number of benzene rings is 3. The smallest absolute Gasteiger partial charge is 0.255 e. The molecule has 7 nitrogen and oxygen atoms in total. The number of likely N-dealkylation sites (tertiary alicyclic amines) is 1. The van der Waals surface area contributed by atoms with E-state index in [2.05, 4.69) is 15.5 Å². The molecule has 5 rings (SSSR count). The molecule has 0 unspecified atom stereocenters. The van der Waals surface area contributed by atoms with Crippen LogP contribution in [-0.2, 0) is 11.3 Å². The van der Waals surface area contributed by atoms with Crippen LogP contribution in [0.25, 0.3) is 22.9 Å². The Morgan fingerprint density at radius 1 is 1.00 bits per heavy atom. The molecule has 0 atom stereocenters. The molecule has 0 saturated carbocycles. The van der Waals surface area contributed by atoms with Crippen LogP contribution in [0.5, 0.6) is 0 Å². The van der Waals surface area contributed by atoms with Gasteiger partial charge in [0.2, 0.25) is 17.7 Å². The van der Waals surface area contributed by atoms with E-state index in [-0.39, 0.29) is 11.8 Å². The molecule has 2 heterocycles. The lowest BCUT2D eigenvalue weighted by atomic mass is 10.1. The Hall–Kier alpha value is -4.26. The average molecular weight is 453 g/mol. The molecule has 1 saturated heterocycles. The molecule has 4 aromatic rings. The molecular formula is C27H24N4O3. The Morgan fingerprint density at radius 3 is 2.56 bits per heavy atom. The number of hydrogen-bond acceptors (Lipinski definition) is 5. The Labute approximate surface area is 197 Å². The van der Waals surface area contributed by atoms with Crippen molar-refractivity contribution in [1.82, 2.24) is 15.1 Å². The van der Waals surface area contributed by atoms with Gasteiger partial charge in [0.1, 0.15) is 0 Å². The van der Waals surface area contributed by atoms with E-state index < -0.39 is 0 Å². The Kier molecular flexibility index (Phi) is 5.91. The lowest BCUT2D eigenvalue weighted by molar-refractivity contribution is -0.128. The van der Waals surface area contributed by atoms with Crippen LogP contribution < -0.4 is 5.32 Å². The maximum atomic E-state index is 12.8. The number of nitrogens with zero attached hydrogens (tertiary/aromatic N) is 3. The summed E-state index contributed by atoms with van der Waals surface area (Å²) in [5.74, 6) is 0.827. The largest absolute Gasteiger partial charge is 0.416 e. The van der Waals surface area contributed by atoms with Gasteiger partial charge in [-0.3, -0.25) is 9.59 Å². The number of carbonyl (C=O) groups excluding carboxylic acids is 2. The standard InChI is InChI=1S/C27H24N4O3/c1-18-6-2-3-9-23(18)27-30-29-26(34-27)21-13-11-20(12-14-21)25(33)28-22-8-4-7-19(16-22)17-31-15-5-10-24(31)32/h2-4,6-9,11-14,16H,5,10,15,17H2,1H3,(H,28,33). The first-order valence-electron chi connectivity index (χ1n) is 11.2. The fraction of sp³-hybridized carbons (Fsp3) is 0.185. The van der Waals surface area contributed by atoms with E-state index in [9.17, 15) is 9.59 Å². The minimum atomic E-state index is -0.216. The first-order chi connectivity index (χ1) is 16.6. The van der Waals surface area contributed by atoms with Crippen LogP contribution in [0, 0.1) is 6.92 Å². The van der Waals surface area contributed by atoms with Crippen LogP contribution in [0.1, 0.15) is 34.3 Å². The highest BCUT2D eigenvalue weighted by molar-refractivity contribution is 6.04. The third-order valence-electron chi connectivity index (χ3n) is 5.92. The van der Waals surface area contributed by atoms with E-state index in [1.165, 1.54) is 0 Å². The summed E-state index contributed by atoms with van der Waals surface area (Å²) in [6, 6.07) is 22.5. The lowest BCUT2D eigenvalue weighted by Crippen LogP contribution is -2.23. The first kappa shape index (κ1) is 21.6. The summed E-state index contributed by atoms with van der Waals surface area (Å²) in [4.78, 5) is 26.5. The zero-order valence-electron chi connectivity index (χ0n) is 18.8. The molecule has 0 radical (unpaired) electrons. The molecule has 7 heteroatoms. The van der Waals surface area contributed by atoms with Crippen molar-refractivity contribution >= 4 is 17.5 Å². The second kappa shape index (κ2) is 9.31. The van der Waals surface area contributed by atoms with Crippen LogP contribution in [0.4, 0.5) is 5.69 Å². The predicted molar refractivity (Wildman–Crippen MR) is 129 cm³/mol. The number of aromatic nitrogens is 2. The zero-order chi connectivity index (χ0) is 23.5. The maximum absolute atomic E-state index is 12.8. The van der Waals surface area contributed by atoms with Crippen molar-refractivity contribution in [3.05, 3.63) is 89.5 Å². The molecule has 0 bridgehead atoms. The Bertz CT molecular complexity index is 1340. The van der Waals surface area contributed by atoms with E-state index in [0.717, 1.165) is 35.2 Å². The number of rotatable bonds is 6. The van der Waals surface area contributed by atoms with E-state index in [0.29, 0.717) is 36.0 Å². The van der Waals surface area contributed by atoms with E-state index in [4.69, 9.17) is 4.42 Å². The molecule has 2 amide bonds. The molecule has 0 aliphatic carbocycles. The van der Waals surface area contributed by atoms with Gasteiger partial charge in [-0.05, 0) is 66.9 Å². The van der Waals surface area contributed by atoms with Gasteiger partial charge in [0.05, 0.1) is 0 Å². The van der Waals surface area contributed by atoms with Crippen LogP contribution in [0.15, 0.2) is 77.2 Å². The van der Waals surface area contributed by atoms with Gasteiger partial charge in [-0.2, -0.15) is 0 Å². The fourth-order valence-corrected chi connectivity index (χ4v) is 4.07. The van der Waals surface area contributed by atoms with Gasteiger partial charge in [-0.25, -0.2) is 0 Å². The monoisotopic (exact) mass is 452 g/mol. The fourth-order valence-electron chi connectivity index (χ4n) is 4.07. The van der Waals surface area contributed by atoms with Gasteiger partial charge in [0, 0.05) is 41.9 Å². The predicted octanol–water partition coefficient (Wildman–Crippen LogP) is 5.09. The topological polar surface area (TPSA) is 88.3 Å². The average Bonchev–Trinajstić information content (AvgIpc) is 3.49. The summed E-state index contributed by atoms with van der Waals surface area (Å²) >= 11 is 0. The molecule has 170 valence electrons. The van der Waals surface area contributed by atoms with E-state index in [1.54, 1.807) is 24.3 Å². The second-order valence-corrected chi connectivity index (χ2v) is 8.38. The quantitative estimate of drug-likeness (QED) is 0.440. The first-order valence-corrected chi connectivity index (χ1v) is 11.2. The molecule has 1 N–H and O–H groups in total. The summed E-state index contributed by atoms with van der Waals surface area (Å²) in [7, 11) is 0. The maximum Gasteiger partial charge on any atom is 0.255 e. The van der Waals surface area contributed by atoms with Crippen molar-refractivity contribution in [2.75, 3.05) is 11.9 Å². The molecule has 3 aromatic carbocycles. The number of amides is 2. The van der Waals surface area contributed by atoms with Gasteiger partial charge in [-0.15, -0.1) is 10.2 Å². The minimum absolute atomic E-state index is 0.182. The zero-order valence-corrected chi connectivity index (χ0v) is 18.8. The van der Waals surface area contributed by atoms with Gasteiger partial charge < -0.3 is 14.6 Å². The molecular weight excluding hydrogens is 428 g/mol. The second-order valence-electron chi connectivity index (χ2n) is 8.38. The van der Waals surface area contributed by atoms with Gasteiger partial charge in [0.15, 0.2) is 0 Å². The molecule has 1 aliphatic heterocycles. The van der Waals surface area contributed by atoms with Crippen LogP contribution in [-0.4, -0.2) is 33.5 Å².